The van der Waals surface area contributed by atoms with Crippen LogP contribution in [0.4, 0.5) is 10.1 Å². The molecule has 6 nitrogen and oxygen atoms in total. The maximum absolute atomic E-state index is 13.9. The average molecular weight is 579 g/mol. The largest absolute Gasteiger partial charge is 0.321 e. The molecule has 2 heterocycles. The molecule has 1 aliphatic carbocycles. The van der Waals surface area contributed by atoms with Gasteiger partial charge in [-0.25, -0.2) is 9.37 Å². The van der Waals surface area contributed by atoms with E-state index < -0.39 is 5.83 Å². The molecule has 1 unspecified atom stereocenters. The van der Waals surface area contributed by atoms with Crippen molar-refractivity contribution in [3.05, 3.63) is 93.3 Å². The molecule has 2 N–H and O–H groups in total. The lowest BCUT2D eigenvalue weighted by molar-refractivity contribution is -0.112. The van der Waals surface area contributed by atoms with E-state index in [1.807, 2.05) is 46.0 Å². The third kappa shape index (κ3) is 8.46. The Hall–Kier alpha value is -3.58. The Kier molecular flexibility index (Phi) is 13.5. The third-order valence-corrected chi connectivity index (χ3v) is 8.12. The Morgan fingerprint density at radius 3 is 2.75 bits per heavy atom. The number of nitriles is 1. The molecule has 0 fully saturated rings. The molecule has 1 atom stereocenters. The topological polar surface area (TPSA) is 94.9 Å². The van der Waals surface area contributed by atoms with Crippen molar-refractivity contribution in [2.75, 3.05) is 12.4 Å². The number of carbonyl (C=O) groups excluding carboxylic acids is 2. The zero-order valence-corrected chi connectivity index (χ0v) is 25.1. The zero-order chi connectivity index (χ0) is 29.7. The molecule has 0 saturated carbocycles. The van der Waals surface area contributed by atoms with E-state index in [2.05, 4.69) is 28.3 Å². The van der Waals surface area contributed by atoms with Crippen molar-refractivity contribution in [2.45, 2.75) is 57.2 Å². The number of benzene rings is 1. The molecule has 40 heavy (non-hydrogen) atoms. The highest BCUT2D eigenvalue weighted by molar-refractivity contribution is 8.00. The van der Waals surface area contributed by atoms with Crippen LogP contribution in [0.25, 0.3) is 5.57 Å². The molecule has 1 aromatic heterocycles. The highest BCUT2D eigenvalue weighted by atomic mass is 32.2. The number of carbonyl (C=O) groups is 2. The van der Waals surface area contributed by atoms with Crippen LogP contribution in [0.1, 0.15) is 59.9 Å². The zero-order valence-electron chi connectivity index (χ0n) is 23.5. The second-order valence-corrected chi connectivity index (χ2v) is 10.7. The summed E-state index contributed by atoms with van der Waals surface area (Å²) in [6, 6.07) is 5.61. The highest BCUT2D eigenvalue weighted by Crippen LogP contribution is 2.41. The monoisotopic (exact) mass is 578 g/mol. The first-order valence-electron chi connectivity index (χ1n) is 13.0. The predicted molar refractivity (Wildman–Crippen MR) is 165 cm³/mol. The van der Waals surface area contributed by atoms with E-state index in [1.165, 1.54) is 11.3 Å². The number of hydrogen-bond acceptors (Lipinski definition) is 7. The maximum atomic E-state index is 13.9. The van der Waals surface area contributed by atoms with Gasteiger partial charge >= 0.3 is 0 Å². The summed E-state index contributed by atoms with van der Waals surface area (Å²) in [5, 5.41) is 15.3. The van der Waals surface area contributed by atoms with Crippen LogP contribution in [0.3, 0.4) is 0 Å². The van der Waals surface area contributed by atoms with Crippen LogP contribution in [-0.2, 0) is 17.8 Å². The summed E-state index contributed by atoms with van der Waals surface area (Å²) in [5.41, 5.74) is 3.70. The van der Waals surface area contributed by atoms with Gasteiger partial charge in [-0.3, -0.25) is 9.59 Å². The van der Waals surface area contributed by atoms with Gasteiger partial charge in [0, 0.05) is 50.0 Å². The number of fused-ring (bicyclic) bond motifs is 2. The Morgan fingerprint density at radius 1 is 1.38 bits per heavy atom. The molecule has 1 aliphatic heterocycles. The number of aryl methyl sites for hydroxylation is 1. The van der Waals surface area contributed by atoms with Gasteiger partial charge in [0.1, 0.15) is 17.1 Å². The fraction of sp³-hybridized carbons (Fsp3) is 0.290. The van der Waals surface area contributed by atoms with E-state index in [9.17, 15) is 14.0 Å². The number of halogens is 1. The lowest BCUT2D eigenvalue weighted by atomic mass is 10.0. The number of thioether (sulfide) groups is 1. The van der Waals surface area contributed by atoms with Gasteiger partial charge in [0.2, 0.25) is 0 Å². The Bertz CT molecular complexity index is 1400. The first-order valence-corrected chi connectivity index (χ1v) is 14.7. The molecule has 1 amide bonds. The average Bonchev–Trinajstić information content (AvgIpc) is 3.38. The molecular formula is C31H35FN4O2S2. The highest BCUT2D eigenvalue weighted by Gasteiger charge is 2.28. The van der Waals surface area contributed by atoms with Gasteiger partial charge in [-0.05, 0) is 50.6 Å². The fourth-order valence-electron chi connectivity index (χ4n) is 3.85. The summed E-state index contributed by atoms with van der Waals surface area (Å²) in [5.74, 6) is -0.555. The summed E-state index contributed by atoms with van der Waals surface area (Å²) in [4.78, 5) is 29.6. The van der Waals surface area contributed by atoms with Crippen LogP contribution < -0.4 is 10.6 Å². The Morgan fingerprint density at radius 2 is 2.12 bits per heavy atom. The van der Waals surface area contributed by atoms with Crippen molar-refractivity contribution in [3.63, 3.8) is 0 Å². The van der Waals surface area contributed by atoms with Gasteiger partial charge in [-0.1, -0.05) is 51.7 Å². The molecule has 9 heteroatoms. The lowest BCUT2D eigenvalue weighted by Gasteiger charge is -2.16. The van der Waals surface area contributed by atoms with Crippen molar-refractivity contribution < 1.29 is 14.0 Å². The van der Waals surface area contributed by atoms with E-state index in [4.69, 9.17) is 5.26 Å². The second-order valence-electron chi connectivity index (χ2n) is 8.36. The fourth-order valence-corrected chi connectivity index (χ4v) is 6.13. The third-order valence-electron chi connectivity index (χ3n) is 5.76. The molecule has 2 aromatic rings. The number of allylic oxidation sites excluding steroid dienone is 8. The number of amides is 1. The van der Waals surface area contributed by atoms with Gasteiger partial charge in [-0.2, -0.15) is 5.26 Å². The standard InChI is InChI=1S/C16H15NO2S.C13H14FN3S.C2H6/c1-2-10-8-15-13(7-11(10)9-18)17-16(19)12-5-3-4-6-14(12)20-15;1-4-11(12(14)5-9(2)6-15)13-17-8-10(18-13)7-16-3;1-2/h3-5,7-9,14H,2,6H2,1H3,(H,17,19);4-5,8,16H,2,7H2,1,3H3;1-2H3/b;11-4+,12-5+;. The SMILES string of the molecule is C=C(C#N)/C=C(F)\C(=C/C)c1ncc(CNC)s1.CC.CCc1cc2c(cc1C=O)NC(=O)C1=CC=CCC1S2. The van der Waals surface area contributed by atoms with Gasteiger partial charge in [-0.15, -0.1) is 23.1 Å². The van der Waals surface area contributed by atoms with Crippen LogP contribution in [0.5, 0.6) is 0 Å². The summed E-state index contributed by atoms with van der Waals surface area (Å²) >= 11 is 3.11. The van der Waals surface area contributed by atoms with Crippen LogP contribution in [-0.4, -0.2) is 29.5 Å². The minimum atomic E-state index is -0.491. The van der Waals surface area contributed by atoms with Crippen molar-refractivity contribution >= 4 is 46.6 Å². The van der Waals surface area contributed by atoms with Gasteiger partial charge in [0.05, 0.1) is 11.8 Å². The molecule has 0 saturated heterocycles. The number of rotatable bonds is 7. The smallest absolute Gasteiger partial charge is 0.252 e. The Balaban J connectivity index is 0.000000266. The molecule has 1 aromatic carbocycles. The van der Waals surface area contributed by atoms with E-state index in [0.29, 0.717) is 22.7 Å². The van der Waals surface area contributed by atoms with Crippen LogP contribution in [0, 0.1) is 11.3 Å². The molecular weight excluding hydrogens is 543 g/mol. The van der Waals surface area contributed by atoms with E-state index >= 15 is 0 Å². The van der Waals surface area contributed by atoms with Crippen LogP contribution >= 0.6 is 23.1 Å². The lowest BCUT2D eigenvalue weighted by Crippen LogP contribution is -2.20. The van der Waals surface area contributed by atoms with Crippen molar-refractivity contribution in [1.29, 1.82) is 5.26 Å². The molecule has 2 aliphatic rings. The predicted octanol–water partition coefficient (Wildman–Crippen LogP) is 7.59. The Labute approximate surface area is 244 Å². The summed E-state index contributed by atoms with van der Waals surface area (Å²) in [6.07, 6.45) is 12.9. The number of nitrogens with one attached hydrogen (secondary N) is 2. The quantitative estimate of drug-likeness (QED) is 0.200. The minimum absolute atomic E-state index is 0.0632. The van der Waals surface area contributed by atoms with E-state index in [1.54, 1.807) is 43.1 Å². The summed E-state index contributed by atoms with van der Waals surface area (Å²) in [7, 11) is 1.84. The number of aldehydes is 1. The molecule has 0 spiro atoms. The van der Waals surface area contributed by atoms with Gasteiger partial charge < -0.3 is 10.6 Å². The van der Waals surface area contributed by atoms with Crippen LogP contribution in [0.15, 0.2) is 77.2 Å². The normalized spacial score (nSPS) is 15.9. The van der Waals surface area contributed by atoms with Crippen molar-refractivity contribution in [2.24, 2.45) is 0 Å². The van der Waals surface area contributed by atoms with E-state index in [0.717, 1.165) is 51.8 Å². The van der Waals surface area contributed by atoms with Crippen molar-refractivity contribution in [3.8, 4) is 6.07 Å². The van der Waals surface area contributed by atoms with Crippen LogP contribution in [0.2, 0.25) is 0 Å². The minimum Gasteiger partial charge on any atom is -0.321 e. The second kappa shape index (κ2) is 16.5. The molecule has 0 radical (unpaired) electrons. The van der Waals surface area contributed by atoms with Gasteiger partial charge in [0.25, 0.3) is 5.91 Å². The number of nitrogens with zero attached hydrogens (tertiary/aromatic N) is 2. The first kappa shape index (κ1) is 32.6. The number of hydrogen-bond donors (Lipinski definition) is 2. The number of aromatic nitrogens is 1. The summed E-state index contributed by atoms with van der Waals surface area (Å²) in [6.45, 7) is 11.9. The maximum Gasteiger partial charge on any atom is 0.252 e. The number of anilines is 1. The molecule has 210 valence electrons. The first-order chi connectivity index (χ1) is 19.3. The molecule has 0 bridgehead atoms. The van der Waals surface area contributed by atoms with E-state index in [-0.39, 0.29) is 16.7 Å². The summed E-state index contributed by atoms with van der Waals surface area (Å²) < 4.78 is 13.9. The molecule has 4 rings (SSSR count). The number of thiazole rings is 1. The van der Waals surface area contributed by atoms with Crippen molar-refractivity contribution in [1.82, 2.24) is 10.3 Å². The van der Waals surface area contributed by atoms with Gasteiger partial charge in [0.15, 0.2) is 0 Å².